The molecule has 0 unspecified atom stereocenters. The van der Waals surface area contributed by atoms with E-state index >= 15 is 0 Å². The molecule has 15 rings (SSSR count). The summed E-state index contributed by atoms with van der Waals surface area (Å²) in [6, 6.07) is 136. The first kappa shape index (κ1) is 97.5. The van der Waals surface area contributed by atoms with Crippen LogP contribution in [-0.4, -0.2) is 23.9 Å². The molecule has 0 heterocycles. The quantitative estimate of drug-likeness (QED) is 0.0814. The highest BCUT2D eigenvalue weighted by atomic mass is 35.5. The van der Waals surface area contributed by atoms with Crippen LogP contribution in [0.1, 0.15) is 97.9 Å². The zero-order chi connectivity index (χ0) is 88.7. The smallest absolute Gasteiger partial charge is 0.166 e. The van der Waals surface area contributed by atoms with E-state index in [-0.39, 0.29) is 78.4 Å². The number of hydrogen-bond donors (Lipinski definition) is 0. The molecule has 0 atom stereocenters. The summed E-state index contributed by atoms with van der Waals surface area (Å²) < 4.78 is 0. The van der Waals surface area contributed by atoms with E-state index in [0.29, 0.717) is 5.02 Å². The van der Waals surface area contributed by atoms with E-state index in [1.165, 1.54) is 113 Å². The van der Waals surface area contributed by atoms with E-state index in [0.717, 1.165) is 31.2 Å². The number of hydrogen-bond acceptors (Lipinski definition) is 8. The van der Waals surface area contributed by atoms with Crippen LogP contribution in [0.25, 0.3) is 0 Å². The number of aromatic carboxylic acids is 2. The molecule has 0 aliphatic heterocycles. The molecule has 15 aromatic rings. The zero-order valence-corrected chi connectivity index (χ0v) is 76.4. The predicted molar refractivity (Wildman–Crippen MR) is 505 cm³/mol. The van der Waals surface area contributed by atoms with E-state index in [2.05, 4.69) is 308 Å². The minimum absolute atomic E-state index is 0.000278. The zero-order valence-electron chi connectivity index (χ0n) is 69.4. The van der Waals surface area contributed by atoms with Crippen LogP contribution < -0.4 is 20.4 Å². The largest absolute Gasteiger partial charge is 0.550 e. The van der Waals surface area contributed by atoms with Gasteiger partial charge >= 0.3 is 0 Å². The third-order valence-electron chi connectivity index (χ3n) is 17.8. The molecule has 8 nitrogen and oxygen atoms in total. The van der Waals surface area contributed by atoms with Gasteiger partial charge in [-0.25, -0.2) is 0 Å². The third-order valence-corrected chi connectivity index (χ3v) is 28.0. The molecule has 15 aromatic carbocycles. The number of carboxylic acids is 4. The van der Waals surface area contributed by atoms with Crippen LogP contribution in [0.15, 0.2) is 465 Å². The molecular weight excluding hydrogens is 1710 g/mol. The molecule has 17 heteroatoms. The van der Waals surface area contributed by atoms with Crippen molar-refractivity contribution in [2.24, 2.45) is 0 Å². The molecule has 0 radical (unpaired) electrons. The lowest BCUT2D eigenvalue weighted by Gasteiger charge is -2.19. The van der Waals surface area contributed by atoms with Crippen LogP contribution in [0.4, 0.5) is 0 Å². The van der Waals surface area contributed by atoms with Crippen LogP contribution in [0, 0.1) is 6.92 Å². The fourth-order valence-corrected chi connectivity index (χ4v) is 20.4. The second-order valence-electron chi connectivity index (χ2n) is 29.2. The van der Waals surface area contributed by atoms with Crippen molar-refractivity contribution in [3.05, 3.63) is 465 Å². The summed E-state index contributed by atoms with van der Waals surface area (Å²) >= 11 is 29.6. The Morgan fingerprint density at radius 2 is 0.423 bits per heavy atom. The summed E-state index contributed by atoms with van der Waals surface area (Å²) in [6.45, 7) is 17.1. The molecule has 0 aromatic heterocycles. The van der Waals surface area contributed by atoms with Gasteiger partial charge in [0.25, 0.3) is 0 Å². The normalized spacial score (nSPS) is 10.6. The van der Waals surface area contributed by atoms with Gasteiger partial charge in [0.1, 0.15) is 0 Å². The van der Waals surface area contributed by atoms with Crippen LogP contribution in [-0.2, 0) is 70.4 Å². The molecule has 0 spiro atoms. The summed E-state index contributed by atoms with van der Waals surface area (Å²) in [4.78, 5) is 55.4. The highest BCUT2D eigenvalue weighted by Crippen LogP contribution is 2.38. The topological polar surface area (TPSA) is 161 Å². The minimum Gasteiger partial charge on any atom is -0.550 e. The fourth-order valence-electron chi connectivity index (χ4n) is 11.5. The summed E-state index contributed by atoms with van der Waals surface area (Å²) in [5.41, 5.74) is 5.43. The van der Waals surface area contributed by atoms with Crippen molar-refractivity contribution >= 4 is 125 Å². The Morgan fingerprint density at radius 3 is 0.602 bits per heavy atom. The molecule has 123 heavy (non-hydrogen) atoms. The maximum atomic E-state index is 10.2. The van der Waals surface area contributed by atoms with E-state index in [1.807, 2.05) is 79.7 Å². The van der Waals surface area contributed by atoms with Crippen LogP contribution in [0.3, 0.4) is 0 Å². The molecule has 0 saturated heterocycles. The van der Waals surface area contributed by atoms with Gasteiger partial charge in [0.05, 0.1) is 55.5 Å². The van der Waals surface area contributed by atoms with Crippen molar-refractivity contribution in [1.29, 1.82) is 0 Å². The van der Waals surface area contributed by atoms with Crippen molar-refractivity contribution < 1.29 is 39.6 Å². The van der Waals surface area contributed by atoms with Crippen molar-refractivity contribution in [3.8, 4) is 0 Å². The Bertz CT molecular complexity index is 5180. The van der Waals surface area contributed by atoms with Gasteiger partial charge in [-0.2, -0.15) is 0 Å². The number of halogens is 5. The van der Waals surface area contributed by atoms with E-state index in [4.69, 9.17) is 58.0 Å². The van der Waals surface area contributed by atoms with Crippen molar-refractivity contribution in [3.63, 3.8) is 0 Å². The third kappa shape index (κ3) is 33.3. The highest BCUT2D eigenvalue weighted by molar-refractivity contribution is 7.98. The lowest BCUT2D eigenvalue weighted by molar-refractivity contribution is -0.306. The van der Waals surface area contributed by atoms with Crippen molar-refractivity contribution in [2.45, 2.75) is 138 Å². The molecule has 0 saturated carbocycles. The van der Waals surface area contributed by atoms with Gasteiger partial charge < -0.3 is 39.6 Å². The first-order chi connectivity index (χ1) is 59.0. The lowest BCUT2D eigenvalue weighted by atomic mass is 9.87. The average Bonchev–Trinajstić information content (AvgIpc) is 0.776. The number of rotatable bonds is 17. The average molecular weight is 1800 g/mol. The molecule has 0 bridgehead atoms. The van der Waals surface area contributed by atoms with Gasteiger partial charge in [0.15, 0.2) is 58.7 Å². The van der Waals surface area contributed by atoms with Crippen LogP contribution in [0.5, 0.6) is 0 Å². The number of benzene rings is 15. The SMILES string of the molecule is CC(C)(C)c1ccc([S+](c2ccccc2)c2ccccc2)cc1.CC(C)(C)c1ccc([S+](c2ccccc2)c2ccccc2)cc1.CCC(=O)[O-].Cc1ccc(CC(=O)[O-])cc1.Clc1ccc([S+](c2ccccc2)c2ccc(Cl)cc2)cc1.Clc1ccc([S+](c2ccccc2)c2ccc(Cl)cc2)cc1.O=C([O-])c1ccc(Cl)cc1.O=C([O-])c1ccccc1. The van der Waals surface area contributed by atoms with E-state index in [1.54, 1.807) is 30.3 Å². The lowest BCUT2D eigenvalue weighted by Crippen LogP contribution is -2.24. The number of aryl methyl sites for hydroxylation is 1. The molecule has 0 amide bonds. The van der Waals surface area contributed by atoms with Crippen LogP contribution in [0.2, 0.25) is 25.1 Å². The number of carbonyl (C=O) groups is 4. The Kier molecular flexibility index (Phi) is 40.1. The molecule has 0 aliphatic carbocycles. The highest BCUT2D eigenvalue weighted by Gasteiger charge is 2.33. The maximum absolute atomic E-state index is 10.2. The summed E-state index contributed by atoms with van der Waals surface area (Å²) in [5, 5.41) is 43.2. The summed E-state index contributed by atoms with van der Waals surface area (Å²) in [6.07, 6.45) is 0.111. The van der Waals surface area contributed by atoms with Crippen LogP contribution >= 0.6 is 58.0 Å². The van der Waals surface area contributed by atoms with Gasteiger partial charge in [0, 0.05) is 43.5 Å². The second-order valence-corrected chi connectivity index (χ2v) is 39.5. The standard InChI is InChI=1S/2C22H23S.2C18H13Cl2S.C9H10O2.C7H5ClO2.C7H6O2.C3H6O2/c2*1-22(2,3)18-14-16-21(17-15-18)23(19-10-6-4-7-11-19)20-12-8-5-9-13-20;2*19-14-6-10-17(11-7-14)21(16-4-2-1-3-5-16)18-12-8-15(20)9-13-18;1-7-2-4-8(5-3-7)6-9(10)11;8-6-3-1-5(2-4-6)7(9)10;8-7(9)6-4-2-1-3-5-6;1-2-3(4)5/h2*4-17H,1-3H3;2*1-13H;2-5H,6H2,1H3,(H,10,11);1-4H,(H,9,10);1-5H,(H,8,9);2H2,1H3,(H,4,5)/q4*+1;;;;/p-4. The molecule has 0 fully saturated rings. The Balaban J connectivity index is 0.000000181. The Hall–Kier alpha value is -11.0. The van der Waals surface area contributed by atoms with Crippen molar-refractivity contribution in [2.75, 3.05) is 0 Å². The van der Waals surface area contributed by atoms with Gasteiger partial charge in [-0.15, -0.1) is 0 Å². The fraction of sp³-hybridized carbons (Fsp3) is 0.113. The summed E-state index contributed by atoms with van der Waals surface area (Å²) in [7, 11) is -0.396. The van der Waals surface area contributed by atoms with Gasteiger partial charge in [0.2, 0.25) is 0 Å². The monoisotopic (exact) mass is 1800 g/mol. The number of aliphatic carboxylic acids is 2. The minimum atomic E-state index is -1.18. The van der Waals surface area contributed by atoms with Gasteiger partial charge in [-0.1, -0.05) is 312 Å². The molecular formula is C106H95Cl5O8S4. The molecule has 0 aliphatic rings. The predicted octanol–water partition coefficient (Wildman–Crippen LogP) is 24.5. The first-order valence-corrected chi connectivity index (χ1v) is 46.0. The van der Waals surface area contributed by atoms with Gasteiger partial charge in [-0.3, -0.25) is 0 Å². The van der Waals surface area contributed by atoms with E-state index in [9.17, 15) is 39.6 Å². The van der Waals surface area contributed by atoms with Crippen molar-refractivity contribution in [1.82, 2.24) is 0 Å². The first-order valence-electron chi connectivity index (χ1n) is 39.2. The Labute approximate surface area is 761 Å². The summed E-state index contributed by atoms with van der Waals surface area (Å²) in [5.74, 6) is -4.34. The molecule has 0 N–H and O–H groups in total. The van der Waals surface area contributed by atoms with E-state index < -0.39 is 23.9 Å². The van der Waals surface area contributed by atoms with Gasteiger partial charge in [-0.05, 0) is 258 Å². The number of carboxylic acid groups (broad SMARTS) is 4. The molecule has 626 valence electrons. The number of carbonyl (C=O) groups excluding carboxylic acids is 4. The second kappa shape index (κ2) is 50.6. The maximum Gasteiger partial charge on any atom is 0.166 e. The Morgan fingerprint density at radius 1 is 0.244 bits per heavy atom.